The smallest absolute Gasteiger partial charge is 0.155 e. The fourth-order valence-electron chi connectivity index (χ4n) is 1.68. The summed E-state index contributed by atoms with van der Waals surface area (Å²) in [5.41, 5.74) is 1.75. The predicted octanol–water partition coefficient (Wildman–Crippen LogP) is 3.60. The Kier molecular flexibility index (Phi) is 10.3. The number of aromatic nitrogens is 1. The number of rotatable bonds is 4. The number of carbonyl (C=O) groups excluding carboxylic acids is 1. The van der Waals surface area contributed by atoms with Crippen LogP contribution in [0.25, 0.3) is 11.3 Å². The second kappa shape index (κ2) is 11.4. The molecule has 0 aliphatic heterocycles. The first-order chi connectivity index (χ1) is 11.0. The molecule has 5 nitrogen and oxygen atoms in total. The van der Waals surface area contributed by atoms with Crippen LogP contribution in [-0.2, 0) is 24.9 Å². The van der Waals surface area contributed by atoms with Crippen LogP contribution in [0.4, 0.5) is 0 Å². The van der Waals surface area contributed by atoms with Gasteiger partial charge in [0, 0.05) is 38.1 Å². The molecular weight excluding hydrogens is 486 g/mol. The first kappa shape index (κ1) is 21.8. The summed E-state index contributed by atoms with van der Waals surface area (Å²) in [6.45, 7) is 2.85. The Morgan fingerprint density at radius 2 is 1.83 bits per heavy atom. The summed E-state index contributed by atoms with van der Waals surface area (Å²) >= 11 is 0. The molecule has 1 radical (unpaired) electrons. The number of methoxy groups -OCH3 is 2. The van der Waals surface area contributed by atoms with Crippen molar-refractivity contribution < 1.29 is 39.5 Å². The van der Waals surface area contributed by atoms with Crippen molar-refractivity contribution in [3.05, 3.63) is 54.4 Å². The van der Waals surface area contributed by atoms with E-state index in [2.05, 4.69) is 11.1 Å². The number of aliphatic hydroxyl groups is 1. The number of aliphatic hydroxyl groups excluding tert-OH is 1. The van der Waals surface area contributed by atoms with E-state index < -0.39 is 0 Å². The van der Waals surface area contributed by atoms with Crippen molar-refractivity contribution in [2.24, 2.45) is 0 Å². The van der Waals surface area contributed by atoms with Gasteiger partial charge in [0.1, 0.15) is 5.75 Å². The quantitative estimate of drug-likeness (QED) is 0.390. The molecule has 0 aliphatic rings. The van der Waals surface area contributed by atoms with Gasteiger partial charge in [0.2, 0.25) is 0 Å². The minimum atomic E-state index is -0.125. The molecule has 1 aromatic carbocycles. The first-order valence-corrected chi connectivity index (χ1v) is 6.90. The van der Waals surface area contributed by atoms with Gasteiger partial charge in [-0.2, -0.15) is 0 Å². The molecule has 0 saturated carbocycles. The van der Waals surface area contributed by atoms with Gasteiger partial charge in [-0.1, -0.05) is 0 Å². The van der Waals surface area contributed by atoms with E-state index in [4.69, 9.17) is 14.6 Å². The number of hydrogen-bond acceptors (Lipinski definition) is 5. The van der Waals surface area contributed by atoms with Crippen LogP contribution in [0.3, 0.4) is 0 Å². The topological polar surface area (TPSA) is 68.7 Å². The number of benzene rings is 1. The SMILES string of the molecule is CC(=O)/C=C(/C)O.COc1c[c-]c(-c2cc(OC)ccn2)cc1.[Ir]. The maximum atomic E-state index is 10.0. The van der Waals surface area contributed by atoms with E-state index in [0.717, 1.165) is 22.8 Å². The van der Waals surface area contributed by atoms with Crippen molar-refractivity contribution in [3.8, 4) is 22.8 Å². The predicted molar refractivity (Wildman–Crippen MR) is 88.7 cm³/mol. The molecule has 0 amide bonds. The van der Waals surface area contributed by atoms with Crippen LogP contribution in [0.5, 0.6) is 11.5 Å². The van der Waals surface area contributed by atoms with Crippen molar-refractivity contribution in [1.29, 1.82) is 0 Å². The second-order valence-electron chi connectivity index (χ2n) is 4.62. The van der Waals surface area contributed by atoms with E-state index >= 15 is 0 Å². The molecule has 1 heterocycles. The van der Waals surface area contributed by atoms with Gasteiger partial charge in [-0.25, -0.2) is 0 Å². The average Bonchev–Trinajstić information content (AvgIpc) is 2.54. The maximum absolute atomic E-state index is 10.0. The minimum absolute atomic E-state index is 0. The van der Waals surface area contributed by atoms with Crippen LogP contribution < -0.4 is 9.47 Å². The summed E-state index contributed by atoms with van der Waals surface area (Å²) in [4.78, 5) is 14.3. The van der Waals surface area contributed by atoms with E-state index in [0.29, 0.717) is 0 Å². The second-order valence-corrected chi connectivity index (χ2v) is 4.62. The van der Waals surface area contributed by atoms with Gasteiger partial charge in [-0.05, 0) is 31.7 Å². The summed E-state index contributed by atoms with van der Waals surface area (Å²) < 4.78 is 10.2. The van der Waals surface area contributed by atoms with Gasteiger partial charge in [-0.3, -0.25) is 4.79 Å². The van der Waals surface area contributed by atoms with E-state index in [1.165, 1.54) is 19.9 Å². The molecule has 0 spiro atoms. The third kappa shape index (κ3) is 7.90. The number of carbonyl (C=O) groups is 1. The average molecular weight is 507 g/mol. The van der Waals surface area contributed by atoms with Gasteiger partial charge in [0.15, 0.2) is 5.78 Å². The molecular formula is C18H20IrNO4-. The monoisotopic (exact) mass is 507 g/mol. The van der Waals surface area contributed by atoms with Gasteiger partial charge in [0.25, 0.3) is 0 Å². The first-order valence-electron chi connectivity index (χ1n) is 6.90. The van der Waals surface area contributed by atoms with Crippen LogP contribution in [-0.4, -0.2) is 30.1 Å². The molecule has 1 N–H and O–H groups in total. The summed E-state index contributed by atoms with van der Waals surface area (Å²) in [5, 5.41) is 8.36. The maximum Gasteiger partial charge on any atom is 0.155 e. The summed E-state index contributed by atoms with van der Waals surface area (Å²) in [5.74, 6) is 1.51. The Morgan fingerprint density at radius 1 is 1.17 bits per heavy atom. The number of hydrogen-bond donors (Lipinski definition) is 1. The molecule has 0 aliphatic carbocycles. The third-order valence-corrected chi connectivity index (χ3v) is 2.68. The number of allylic oxidation sites excluding steroid dienone is 2. The zero-order valence-electron chi connectivity index (χ0n) is 14.0. The molecule has 2 aromatic rings. The molecule has 0 fully saturated rings. The molecule has 0 atom stereocenters. The number of nitrogens with zero attached hydrogens (tertiary/aromatic N) is 1. The third-order valence-electron chi connectivity index (χ3n) is 2.68. The molecule has 24 heavy (non-hydrogen) atoms. The standard InChI is InChI=1S/C13H12NO2.C5H8O2.Ir/c1-15-11-5-3-10(4-6-11)13-9-12(16-2)7-8-14-13;1-4(6)3-5(2)7;/h3,5-9H,1-2H3;3,6H,1-2H3;/q-1;;/b;4-3-;. The van der Waals surface area contributed by atoms with Crippen LogP contribution in [0.15, 0.2) is 48.4 Å². The fourth-order valence-corrected chi connectivity index (χ4v) is 1.68. The van der Waals surface area contributed by atoms with Crippen molar-refractivity contribution in [2.45, 2.75) is 13.8 Å². The Bertz CT molecular complexity index is 665. The summed E-state index contributed by atoms with van der Waals surface area (Å²) in [6.07, 6.45) is 2.88. The van der Waals surface area contributed by atoms with Gasteiger partial charge in [-0.15, -0.1) is 29.8 Å². The van der Waals surface area contributed by atoms with Crippen molar-refractivity contribution in [3.63, 3.8) is 0 Å². The normalized spacial score (nSPS) is 9.92. The van der Waals surface area contributed by atoms with E-state index in [1.807, 2.05) is 24.3 Å². The number of pyridine rings is 1. The summed E-state index contributed by atoms with van der Waals surface area (Å²) in [6, 6.07) is 12.4. The van der Waals surface area contributed by atoms with Crippen LogP contribution in [0, 0.1) is 6.07 Å². The Hall–Kier alpha value is -2.17. The van der Waals surface area contributed by atoms with Gasteiger partial charge in [0.05, 0.1) is 20.0 Å². The molecule has 0 bridgehead atoms. The van der Waals surface area contributed by atoms with Crippen molar-refractivity contribution >= 4 is 5.78 Å². The molecule has 131 valence electrons. The van der Waals surface area contributed by atoms with E-state index in [-0.39, 0.29) is 31.6 Å². The number of ketones is 1. The van der Waals surface area contributed by atoms with Crippen molar-refractivity contribution in [1.82, 2.24) is 4.98 Å². The van der Waals surface area contributed by atoms with Crippen LogP contribution >= 0.6 is 0 Å². The Balaban J connectivity index is 0.000000570. The number of ether oxygens (including phenoxy) is 2. The fraction of sp³-hybridized carbons (Fsp3) is 0.222. The van der Waals surface area contributed by atoms with Gasteiger partial charge < -0.3 is 19.6 Å². The Labute approximate surface area is 155 Å². The minimum Gasteiger partial charge on any atom is -0.540 e. The van der Waals surface area contributed by atoms with E-state index in [1.54, 1.807) is 26.5 Å². The molecule has 6 heteroatoms. The molecule has 0 unspecified atom stereocenters. The molecule has 2 rings (SSSR count). The zero-order chi connectivity index (χ0) is 17.2. The van der Waals surface area contributed by atoms with Crippen molar-refractivity contribution in [2.75, 3.05) is 14.2 Å². The van der Waals surface area contributed by atoms with E-state index in [9.17, 15) is 4.79 Å². The Morgan fingerprint density at radius 3 is 2.25 bits per heavy atom. The largest absolute Gasteiger partial charge is 0.540 e. The molecule has 1 aromatic heterocycles. The zero-order valence-corrected chi connectivity index (χ0v) is 16.4. The van der Waals surface area contributed by atoms with Gasteiger partial charge >= 0.3 is 0 Å². The van der Waals surface area contributed by atoms with Crippen LogP contribution in [0.2, 0.25) is 0 Å². The summed E-state index contributed by atoms with van der Waals surface area (Å²) in [7, 11) is 3.27. The molecule has 0 saturated heterocycles. The van der Waals surface area contributed by atoms with Crippen LogP contribution in [0.1, 0.15) is 13.8 Å².